The zero-order valence-electron chi connectivity index (χ0n) is 14.8. The van der Waals surface area contributed by atoms with Crippen molar-refractivity contribution < 1.29 is 9.18 Å². The van der Waals surface area contributed by atoms with Crippen molar-refractivity contribution in [2.24, 2.45) is 13.0 Å². The molecule has 0 saturated heterocycles. The van der Waals surface area contributed by atoms with Gasteiger partial charge in [0, 0.05) is 23.9 Å². The lowest BCUT2D eigenvalue weighted by Crippen LogP contribution is -2.14. The number of halogens is 1. The van der Waals surface area contributed by atoms with Gasteiger partial charge in [-0.1, -0.05) is 18.7 Å². The molecule has 2 aromatic rings. The Hall–Kier alpha value is -2.69. The topological polar surface area (TPSA) is 46.9 Å². The van der Waals surface area contributed by atoms with E-state index in [1.165, 1.54) is 6.08 Å². The molecule has 1 aliphatic carbocycles. The molecule has 2 aromatic heterocycles. The van der Waals surface area contributed by atoms with Crippen LogP contribution in [0.1, 0.15) is 31.0 Å². The fourth-order valence-electron chi connectivity index (χ4n) is 3.09. The van der Waals surface area contributed by atoms with Gasteiger partial charge in [-0.05, 0) is 44.4 Å². The van der Waals surface area contributed by atoms with E-state index in [-0.39, 0.29) is 17.7 Å². The van der Waals surface area contributed by atoms with E-state index < -0.39 is 0 Å². The minimum Gasteiger partial charge on any atom is -0.342 e. The molecular formula is C20H22FN3O. The minimum absolute atomic E-state index is 0.0212. The molecule has 130 valence electrons. The zero-order chi connectivity index (χ0) is 18.1. The van der Waals surface area contributed by atoms with E-state index >= 15 is 0 Å². The average Bonchev–Trinajstić information content (AvgIpc) is 3.42. The van der Waals surface area contributed by atoms with Crippen molar-refractivity contribution in [3.8, 4) is 0 Å². The number of anilines is 1. The van der Waals surface area contributed by atoms with Gasteiger partial charge in [0.2, 0.25) is 5.91 Å². The molecule has 2 heterocycles. The summed E-state index contributed by atoms with van der Waals surface area (Å²) >= 11 is 0. The number of carbonyl (C=O) groups is 1. The molecule has 0 spiro atoms. The van der Waals surface area contributed by atoms with Gasteiger partial charge in [-0.2, -0.15) is 0 Å². The fraction of sp³-hybridized carbons (Fsp3) is 0.300. The Bertz CT molecular complexity index is 917. The zero-order valence-corrected chi connectivity index (χ0v) is 14.8. The van der Waals surface area contributed by atoms with Crippen LogP contribution in [-0.4, -0.2) is 15.5 Å². The highest BCUT2D eigenvalue weighted by Crippen LogP contribution is 2.34. The molecule has 1 saturated carbocycles. The number of hydrogen-bond acceptors (Lipinski definition) is 2. The van der Waals surface area contributed by atoms with Crippen molar-refractivity contribution in [2.75, 3.05) is 5.32 Å². The fourth-order valence-corrected chi connectivity index (χ4v) is 3.09. The molecule has 0 radical (unpaired) electrons. The van der Waals surface area contributed by atoms with Gasteiger partial charge >= 0.3 is 0 Å². The normalized spacial score (nSPS) is 15.5. The molecule has 0 atom stereocenters. The Balaban J connectivity index is 2.11. The highest BCUT2D eigenvalue weighted by Gasteiger charge is 2.30. The van der Waals surface area contributed by atoms with Crippen molar-refractivity contribution in [3.05, 3.63) is 54.2 Å². The molecule has 1 amide bonds. The molecule has 1 aliphatic rings. The first-order chi connectivity index (χ1) is 12.0. The number of nitrogens with zero attached hydrogens (tertiary/aromatic N) is 2. The van der Waals surface area contributed by atoms with Crippen LogP contribution in [0.2, 0.25) is 0 Å². The summed E-state index contributed by atoms with van der Waals surface area (Å²) in [5, 5.41) is 3.81. The van der Waals surface area contributed by atoms with Crippen LogP contribution < -0.4 is 5.32 Å². The predicted octanol–water partition coefficient (Wildman–Crippen LogP) is 4.67. The lowest BCUT2D eigenvalue weighted by atomic mass is 10.1. The molecule has 5 heteroatoms. The predicted molar refractivity (Wildman–Crippen MR) is 99.8 cm³/mol. The van der Waals surface area contributed by atoms with Crippen LogP contribution in [-0.2, 0) is 11.8 Å². The second kappa shape index (κ2) is 6.67. The summed E-state index contributed by atoms with van der Waals surface area (Å²) in [7, 11) is 1.88. The molecule has 25 heavy (non-hydrogen) atoms. The second-order valence-electron chi connectivity index (χ2n) is 6.35. The van der Waals surface area contributed by atoms with Crippen LogP contribution in [0.25, 0.3) is 16.5 Å². The maximum absolute atomic E-state index is 14.3. The largest absolute Gasteiger partial charge is 0.342 e. The first-order valence-corrected chi connectivity index (χ1v) is 8.39. The maximum Gasteiger partial charge on any atom is 0.228 e. The van der Waals surface area contributed by atoms with Crippen molar-refractivity contribution >= 4 is 28.2 Å². The van der Waals surface area contributed by atoms with E-state index in [0.29, 0.717) is 11.4 Å². The summed E-state index contributed by atoms with van der Waals surface area (Å²) < 4.78 is 16.2. The van der Waals surface area contributed by atoms with Crippen LogP contribution in [0.3, 0.4) is 0 Å². The number of aryl methyl sites for hydroxylation is 2. The van der Waals surface area contributed by atoms with Gasteiger partial charge in [0.05, 0.1) is 17.4 Å². The average molecular weight is 339 g/mol. The number of pyridine rings is 1. The second-order valence-corrected chi connectivity index (χ2v) is 6.35. The van der Waals surface area contributed by atoms with Gasteiger partial charge < -0.3 is 9.88 Å². The SMILES string of the molecule is C=C/C(F)=C(\C=C/C)c1c(C)c2cc(NC(=O)C3CC3)ncc2n1C. The van der Waals surface area contributed by atoms with Crippen LogP contribution in [0.4, 0.5) is 10.2 Å². The summed E-state index contributed by atoms with van der Waals surface area (Å²) in [6.45, 7) is 7.33. The molecule has 1 fully saturated rings. The standard InChI is InChI=1S/C20H22FN3O/c1-5-7-14(16(21)6-2)19-12(3)15-10-18(22-11-17(15)24(19)4)23-20(25)13-8-9-13/h5-7,10-11,13H,2,8-9H2,1,3-4H3,(H,22,23,25)/b7-5-,16-14-. The third-order valence-electron chi connectivity index (χ3n) is 4.56. The number of amides is 1. The quantitative estimate of drug-likeness (QED) is 0.805. The molecule has 0 aromatic carbocycles. The monoisotopic (exact) mass is 339 g/mol. The molecule has 4 nitrogen and oxygen atoms in total. The van der Waals surface area contributed by atoms with E-state index in [9.17, 15) is 9.18 Å². The number of fused-ring (bicyclic) bond motifs is 1. The smallest absolute Gasteiger partial charge is 0.228 e. The summed E-state index contributed by atoms with van der Waals surface area (Å²) in [6, 6.07) is 1.85. The van der Waals surface area contributed by atoms with Crippen LogP contribution in [0, 0.1) is 12.8 Å². The molecular weight excluding hydrogens is 317 g/mol. The van der Waals surface area contributed by atoms with E-state index in [0.717, 1.165) is 35.0 Å². The summed E-state index contributed by atoms with van der Waals surface area (Å²) in [6.07, 6.45) is 8.36. The number of allylic oxidation sites excluding steroid dienone is 5. The van der Waals surface area contributed by atoms with Crippen molar-refractivity contribution in [1.29, 1.82) is 0 Å². The lowest BCUT2D eigenvalue weighted by Gasteiger charge is -2.08. The number of aromatic nitrogens is 2. The third kappa shape index (κ3) is 3.14. The number of hydrogen-bond donors (Lipinski definition) is 1. The lowest BCUT2D eigenvalue weighted by molar-refractivity contribution is -0.117. The van der Waals surface area contributed by atoms with E-state index in [2.05, 4.69) is 16.9 Å². The van der Waals surface area contributed by atoms with Crippen molar-refractivity contribution in [1.82, 2.24) is 9.55 Å². The van der Waals surface area contributed by atoms with Crippen LogP contribution in [0.5, 0.6) is 0 Å². The molecule has 0 aliphatic heterocycles. The molecule has 1 N–H and O–H groups in total. The van der Waals surface area contributed by atoms with Crippen molar-refractivity contribution in [2.45, 2.75) is 26.7 Å². The highest BCUT2D eigenvalue weighted by atomic mass is 19.1. The van der Waals surface area contributed by atoms with E-state index in [4.69, 9.17) is 0 Å². The summed E-state index contributed by atoms with van der Waals surface area (Å²) in [5.74, 6) is 0.302. The number of carbonyl (C=O) groups excluding carboxylic acids is 1. The number of nitrogens with one attached hydrogen (secondary N) is 1. The van der Waals surface area contributed by atoms with Gasteiger partial charge in [-0.25, -0.2) is 9.37 Å². The van der Waals surface area contributed by atoms with Crippen LogP contribution in [0.15, 0.2) is 42.9 Å². The van der Waals surface area contributed by atoms with Gasteiger partial charge in [0.15, 0.2) is 0 Å². The summed E-state index contributed by atoms with van der Waals surface area (Å²) in [5.41, 5.74) is 3.08. The van der Waals surface area contributed by atoms with Crippen molar-refractivity contribution in [3.63, 3.8) is 0 Å². The third-order valence-corrected chi connectivity index (χ3v) is 4.56. The van der Waals surface area contributed by atoms with E-state index in [1.807, 2.05) is 31.5 Å². The van der Waals surface area contributed by atoms with Gasteiger partial charge in [0.1, 0.15) is 11.6 Å². The van der Waals surface area contributed by atoms with Gasteiger partial charge in [0.25, 0.3) is 0 Å². The summed E-state index contributed by atoms with van der Waals surface area (Å²) in [4.78, 5) is 16.3. The molecule has 3 rings (SSSR count). The highest BCUT2D eigenvalue weighted by molar-refractivity contribution is 5.97. The Kier molecular flexibility index (Phi) is 4.57. The Morgan fingerprint density at radius 2 is 2.20 bits per heavy atom. The first-order valence-electron chi connectivity index (χ1n) is 8.39. The van der Waals surface area contributed by atoms with Gasteiger partial charge in [-0.3, -0.25) is 4.79 Å². The maximum atomic E-state index is 14.3. The Labute approximate surface area is 146 Å². The van der Waals surface area contributed by atoms with Gasteiger partial charge in [-0.15, -0.1) is 0 Å². The van der Waals surface area contributed by atoms with Crippen LogP contribution >= 0.6 is 0 Å². The molecule has 0 bridgehead atoms. The molecule has 0 unspecified atom stereocenters. The minimum atomic E-state index is -0.373. The Morgan fingerprint density at radius 1 is 1.48 bits per heavy atom. The van der Waals surface area contributed by atoms with E-state index in [1.54, 1.807) is 18.3 Å². The first kappa shape index (κ1) is 17.1. The Morgan fingerprint density at radius 3 is 2.80 bits per heavy atom. The number of rotatable bonds is 5.